The fourth-order valence-electron chi connectivity index (χ4n) is 5.67. The molecule has 222 valence electrons. The SMILES string of the molecule is O=C1c2ccccc2C(=O)N1CCCCCN(c1ccnc(Nc2ccc3c(c2)S(=O)(=O)NC3)n1)c1cccc2[nH]ncc12. The van der Waals surface area contributed by atoms with E-state index in [4.69, 9.17) is 4.98 Å². The molecule has 5 aromatic rings. The molecule has 2 aliphatic heterocycles. The van der Waals surface area contributed by atoms with Crippen LogP contribution in [0.1, 0.15) is 45.5 Å². The first-order chi connectivity index (χ1) is 21.4. The van der Waals surface area contributed by atoms with Gasteiger partial charge < -0.3 is 10.2 Å². The van der Waals surface area contributed by atoms with Gasteiger partial charge in [-0.15, -0.1) is 0 Å². The number of imide groups is 1. The summed E-state index contributed by atoms with van der Waals surface area (Å²) in [6, 6.07) is 19.8. The highest BCUT2D eigenvalue weighted by Gasteiger charge is 2.34. The van der Waals surface area contributed by atoms with Crippen molar-refractivity contribution >= 4 is 55.9 Å². The first kappa shape index (κ1) is 27.7. The lowest BCUT2D eigenvalue weighted by Gasteiger charge is -2.25. The minimum atomic E-state index is -3.52. The van der Waals surface area contributed by atoms with Gasteiger partial charge in [-0.1, -0.05) is 24.3 Å². The molecule has 0 aliphatic carbocycles. The molecule has 2 aromatic heterocycles. The molecule has 13 heteroatoms. The summed E-state index contributed by atoms with van der Waals surface area (Å²) in [4.78, 5) is 38.3. The molecule has 44 heavy (non-hydrogen) atoms. The monoisotopic (exact) mass is 608 g/mol. The Hall–Kier alpha value is -5.14. The maximum Gasteiger partial charge on any atom is 0.261 e. The number of anilines is 4. The molecular formula is C31H28N8O4S. The van der Waals surface area contributed by atoms with Crippen molar-refractivity contribution in [1.82, 2.24) is 29.8 Å². The predicted molar refractivity (Wildman–Crippen MR) is 165 cm³/mol. The zero-order valence-electron chi connectivity index (χ0n) is 23.5. The van der Waals surface area contributed by atoms with Gasteiger partial charge in [0.1, 0.15) is 5.82 Å². The second-order valence-electron chi connectivity index (χ2n) is 10.6. The van der Waals surface area contributed by atoms with E-state index in [0.29, 0.717) is 53.7 Å². The second-order valence-corrected chi connectivity index (χ2v) is 12.4. The summed E-state index contributed by atoms with van der Waals surface area (Å²) >= 11 is 0. The Morgan fingerprint density at radius 1 is 0.932 bits per heavy atom. The summed E-state index contributed by atoms with van der Waals surface area (Å²) < 4.78 is 27.2. The average molecular weight is 609 g/mol. The number of unbranched alkanes of at least 4 members (excludes halogenated alkanes) is 2. The van der Waals surface area contributed by atoms with E-state index < -0.39 is 10.0 Å². The topological polar surface area (TPSA) is 153 Å². The fraction of sp³-hybridized carbons (Fsp3) is 0.194. The molecule has 0 saturated carbocycles. The van der Waals surface area contributed by atoms with Crippen molar-refractivity contribution in [2.45, 2.75) is 30.7 Å². The van der Waals surface area contributed by atoms with Gasteiger partial charge in [0.2, 0.25) is 16.0 Å². The van der Waals surface area contributed by atoms with Gasteiger partial charge in [-0.3, -0.25) is 19.6 Å². The predicted octanol–water partition coefficient (Wildman–Crippen LogP) is 4.49. The summed E-state index contributed by atoms with van der Waals surface area (Å²) in [6.07, 6.45) is 5.64. The maximum absolute atomic E-state index is 12.7. The summed E-state index contributed by atoms with van der Waals surface area (Å²) in [5.41, 5.74) is 4.00. The molecule has 3 aromatic carbocycles. The third-order valence-corrected chi connectivity index (χ3v) is 9.36. The number of carbonyl (C=O) groups excluding carboxylic acids is 2. The normalized spacial score (nSPS) is 15.0. The van der Waals surface area contributed by atoms with Gasteiger partial charge in [0.25, 0.3) is 11.8 Å². The molecule has 2 aliphatic rings. The van der Waals surface area contributed by atoms with E-state index in [1.54, 1.807) is 54.9 Å². The van der Waals surface area contributed by atoms with Crippen molar-refractivity contribution in [2.75, 3.05) is 23.3 Å². The minimum absolute atomic E-state index is 0.239. The van der Waals surface area contributed by atoms with E-state index in [1.807, 2.05) is 24.3 Å². The lowest BCUT2D eigenvalue weighted by atomic mass is 10.1. The molecule has 0 spiro atoms. The third kappa shape index (κ3) is 5.05. The molecule has 2 amide bonds. The number of nitrogens with zero attached hydrogens (tertiary/aromatic N) is 5. The number of aromatic nitrogens is 4. The van der Waals surface area contributed by atoms with E-state index in [-0.39, 0.29) is 23.3 Å². The molecule has 7 rings (SSSR count). The molecular weight excluding hydrogens is 580 g/mol. The van der Waals surface area contributed by atoms with E-state index in [0.717, 1.165) is 29.4 Å². The van der Waals surface area contributed by atoms with Gasteiger partial charge >= 0.3 is 0 Å². The minimum Gasteiger partial charge on any atom is -0.326 e. The van der Waals surface area contributed by atoms with Crippen molar-refractivity contribution in [3.05, 3.63) is 95.8 Å². The largest absolute Gasteiger partial charge is 0.326 e. The Labute approximate surface area is 253 Å². The van der Waals surface area contributed by atoms with Gasteiger partial charge in [0.15, 0.2) is 0 Å². The van der Waals surface area contributed by atoms with E-state index in [2.05, 4.69) is 30.1 Å². The fourth-order valence-corrected chi connectivity index (χ4v) is 6.94. The molecule has 0 radical (unpaired) electrons. The number of aromatic amines is 1. The second kappa shape index (κ2) is 11.2. The zero-order chi connectivity index (χ0) is 30.3. The van der Waals surface area contributed by atoms with Gasteiger partial charge in [-0.2, -0.15) is 10.1 Å². The number of sulfonamides is 1. The lowest BCUT2D eigenvalue weighted by molar-refractivity contribution is 0.0651. The maximum atomic E-state index is 12.7. The highest BCUT2D eigenvalue weighted by molar-refractivity contribution is 7.89. The van der Waals surface area contributed by atoms with E-state index in [9.17, 15) is 18.0 Å². The van der Waals surface area contributed by atoms with Crippen LogP contribution < -0.4 is 14.9 Å². The third-order valence-electron chi connectivity index (χ3n) is 7.88. The lowest BCUT2D eigenvalue weighted by Crippen LogP contribution is -2.30. The highest BCUT2D eigenvalue weighted by Crippen LogP contribution is 2.32. The van der Waals surface area contributed by atoms with Crippen LogP contribution in [0.25, 0.3) is 10.9 Å². The quantitative estimate of drug-likeness (QED) is 0.154. The molecule has 0 fully saturated rings. The van der Waals surface area contributed by atoms with E-state index >= 15 is 0 Å². The summed E-state index contributed by atoms with van der Waals surface area (Å²) in [5.74, 6) is 0.488. The first-order valence-electron chi connectivity index (χ1n) is 14.3. The van der Waals surface area contributed by atoms with Crippen molar-refractivity contribution in [3.63, 3.8) is 0 Å². The molecule has 3 N–H and O–H groups in total. The van der Waals surface area contributed by atoms with Crippen molar-refractivity contribution in [1.29, 1.82) is 0 Å². The standard InChI is InChI=1S/C31H28N8O4S/c40-29-22-7-2-3-8-23(22)30(41)39(29)16-5-1-4-15-38(26-10-6-9-25-24(26)19-33-37-25)28-13-14-32-31(36-28)35-21-12-11-20-18-34-44(42,43)27(20)17-21/h2-3,6-14,17,19,34H,1,4-5,15-16,18H2,(H,33,37)(H,32,35,36). The van der Waals surface area contributed by atoms with Crippen LogP contribution in [-0.4, -0.2) is 58.4 Å². The Morgan fingerprint density at radius 3 is 2.57 bits per heavy atom. The Bertz CT molecular complexity index is 1990. The van der Waals surface area contributed by atoms with Crippen molar-refractivity contribution < 1.29 is 18.0 Å². The Balaban J connectivity index is 1.08. The van der Waals surface area contributed by atoms with Crippen LogP contribution in [0.4, 0.5) is 23.1 Å². The van der Waals surface area contributed by atoms with Crippen LogP contribution in [0.5, 0.6) is 0 Å². The molecule has 0 bridgehead atoms. The van der Waals surface area contributed by atoms with Gasteiger partial charge in [0.05, 0.1) is 33.4 Å². The van der Waals surface area contributed by atoms with Gasteiger partial charge in [0, 0.05) is 36.9 Å². The molecule has 12 nitrogen and oxygen atoms in total. The Morgan fingerprint density at radius 2 is 1.75 bits per heavy atom. The van der Waals surface area contributed by atoms with Crippen LogP contribution in [0.15, 0.2) is 84.0 Å². The van der Waals surface area contributed by atoms with Crippen molar-refractivity contribution in [2.24, 2.45) is 0 Å². The summed E-state index contributed by atoms with van der Waals surface area (Å²) in [5, 5.41) is 11.3. The number of amides is 2. The highest BCUT2D eigenvalue weighted by atomic mass is 32.2. The van der Waals surface area contributed by atoms with Crippen LogP contribution in [0.3, 0.4) is 0 Å². The number of fused-ring (bicyclic) bond motifs is 3. The summed E-state index contributed by atoms with van der Waals surface area (Å²) in [7, 11) is -3.52. The van der Waals surface area contributed by atoms with Crippen LogP contribution in [-0.2, 0) is 16.6 Å². The van der Waals surface area contributed by atoms with Crippen LogP contribution in [0, 0.1) is 0 Å². The molecule has 4 heterocycles. The summed E-state index contributed by atoms with van der Waals surface area (Å²) in [6.45, 7) is 1.24. The first-order valence-corrected chi connectivity index (χ1v) is 15.7. The Kier molecular flexibility index (Phi) is 7.03. The number of rotatable bonds is 10. The average Bonchev–Trinajstić information content (AvgIpc) is 3.70. The molecule has 0 unspecified atom stereocenters. The van der Waals surface area contributed by atoms with Gasteiger partial charge in [-0.05, 0) is 67.3 Å². The number of hydrogen-bond acceptors (Lipinski definition) is 9. The number of nitrogens with one attached hydrogen (secondary N) is 3. The number of benzene rings is 3. The van der Waals surface area contributed by atoms with Crippen LogP contribution in [0.2, 0.25) is 0 Å². The van der Waals surface area contributed by atoms with E-state index in [1.165, 1.54) is 4.90 Å². The number of H-pyrrole nitrogens is 1. The smallest absolute Gasteiger partial charge is 0.261 e. The zero-order valence-corrected chi connectivity index (χ0v) is 24.3. The van der Waals surface area contributed by atoms with Crippen LogP contribution >= 0.6 is 0 Å². The number of carbonyl (C=O) groups is 2. The number of hydrogen-bond donors (Lipinski definition) is 3. The van der Waals surface area contributed by atoms with Gasteiger partial charge in [-0.25, -0.2) is 18.1 Å². The van der Waals surface area contributed by atoms with Crippen molar-refractivity contribution in [3.8, 4) is 0 Å². The molecule has 0 atom stereocenters. The molecule has 0 saturated heterocycles.